The summed E-state index contributed by atoms with van der Waals surface area (Å²) in [6.45, 7) is 2.72. The summed E-state index contributed by atoms with van der Waals surface area (Å²) in [5.41, 5.74) is 0.747. The number of rotatable bonds is 7. The van der Waals surface area contributed by atoms with Crippen LogP contribution < -0.4 is 10.1 Å². The van der Waals surface area contributed by atoms with E-state index in [1.807, 2.05) is 0 Å². The summed E-state index contributed by atoms with van der Waals surface area (Å²) < 4.78 is 5.13. The molecular formula is C16H20ClNO2S. The molecule has 1 aromatic carbocycles. The lowest BCUT2D eigenvalue weighted by Gasteiger charge is -2.18. The minimum Gasteiger partial charge on any atom is -0.504 e. The van der Waals surface area contributed by atoms with Crippen molar-refractivity contribution in [1.29, 1.82) is 0 Å². The monoisotopic (exact) mass is 325 g/mol. The molecular weight excluding hydrogens is 306 g/mol. The van der Waals surface area contributed by atoms with Gasteiger partial charge in [-0.1, -0.05) is 31.0 Å². The highest BCUT2D eigenvalue weighted by molar-refractivity contribution is 7.10. The molecule has 2 N–H and O–H groups in total. The van der Waals surface area contributed by atoms with Crippen molar-refractivity contribution < 1.29 is 9.84 Å². The normalized spacial score (nSPS) is 12.3. The number of phenols is 1. The van der Waals surface area contributed by atoms with Crippen LogP contribution in [0, 0.1) is 0 Å². The van der Waals surface area contributed by atoms with Crippen LogP contribution in [0.2, 0.25) is 5.02 Å². The van der Waals surface area contributed by atoms with Gasteiger partial charge in [0.05, 0.1) is 7.11 Å². The van der Waals surface area contributed by atoms with Gasteiger partial charge in [0.15, 0.2) is 11.5 Å². The molecule has 0 aliphatic heterocycles. The van der Waals surface area contributed by atoms with E-state index in [1.165, 1.54) is 12.0 Å². The third-order valence-electron chi connectivity index (χ3n) is 3.34. The van der Waals surface area contributed by atoms with Crippen molar-refractivity contribution in [2.75, 3.05) is 7.11 Å². The van der Waals surface area contributed by atoms with Crippen molar-refractivity contribution in [3.05, 3.63) is 45.1 Å². The average Bonchev–Trinajstić information content (AvgIpc) is 3.00. The first-order valence-electron chi connectivity index (χ1n) is 6.97. The van der Waals surface area contributed by atoms with Gasteiger partial charge in [0.1, 0.15) is 0 Å². The average molecular weight is 326 g/mol. The van der Waals surface area contributed by atoms with E-state index in [-0.39, 0.29) is 5.75 Å². The van der Waals surface area contributed by atoms with Crippen LogP contribution in [0.3, 0.4) is 0 Å². The van der Waals surface area contributed by atoms with Crippen LogP contribution in [-0.4, -0.2) is 12.2 Å². The second-order valence-corrected chi connectivity index (χ2v) is 6.27. The summed E-state index contributed by atoms with van der Waals surface area (Å²) in [5, 5.41) is 16.3. The molecule has 0 saturated heterocycles. The molecule has 0 aliphatic carbocycles. The van der Waals surface area contributed by atoms with Gasteiger partial charge in [-0.2, -0.15) is 0 Å². The maximum Gasteiger partial charge on any atom is 0.162 e. The van der Waals surface area contributed by atoms with Gasteiger partial charge in [-0.05, 0) is 23.9 Å². The van der Waals surface area contributed by atoms with E-state index >= 15 is 0 Å². The molecule has 5 heteroatoms. The lowest BCUT2D eigenvalue weighted by atomic mass is 10.1. The maximum absolute atomic E-state index is 10.2. The zero-order chi connectivity index (χ0) is 15.2. The first-order chi connectivity index (χ1) is 10.2. The van der Waals surface area contributed by atoms with E-state index < -0.39 is 0 Å². The predicted molar refractivity (Wildman–Crippen MR) is 88.5 cm³/mol. The SMILES string of the molecule is CCCC(NCc1cc(Cl)cc(OC)c1O)c1cccs1. The van der Waals surface area contributed by atoms with Crippen molar-refractivity contribution in [3.8, 4) is 11.5 Å². The molecule has 0 radical (unpaired) electrons. The fourth-order valence-corrected chi connectivity index (χ4v) is 3.34. The number of thiophene rings is 1. The summed E-state index contributed by atoms with van der Waals surface area (Å²) in [6, 6.07) is 7.87. The summed E-state index contributed by atoms with van der Waals surface area (Å²) in [5.74, 6) is 0.554. The lowest BCUT2D eigenvalue weighted by Crippen LogP contribution is -2.20. The van der Waals surface area contributed by atoms with Gasteiger partial charge in [0.2, 0.25) is 0 Å². The molecule has 21 heavy (non-hydrogen) atoms. The fourth-order valence-electron chi connectivity index (χ4n) is 2.27. The minimum absolute atomic E-state index is 0.149. The highest BCUT2D eigenvalue weighted by Gasteiger charge is 2.14. The largest absolute Gasteiger partial charge is 0.504 e. The second-order valence-electron chi connectivity index (χ2n) is 4.85. The molecule has 114 valence electrons. The summed E-state index contributed by atoms with van der Waals surface area (Å²) in [4.78, 5) is 1.31. The fraction of sp³-hybridized carbons (Fsp3) is 0.375. The van der Waals surface area contributed by atoms with Crippen molar-refractivity contribution in [3.63, 3.8) is 0 Å². The second kappa shape index (κ2) is 7.69. The predicted octanol–water partition coefficient (Wildman–Crippen LogP) is 4.75. The quantitative estimate of drug-likeness (QED) is 0.772. The minimum atomic E-state index is 0.149. The number of methoxy groups -OCH3 is 1. The number of nitrogens with one attached hydrogen (secondary N) is 1. The number of hydrogen-bond acceptors (Lipinski definition) is 4. The molecule has 1 atom stereocenters. The molecule has 0 bridgehead atoms. The van der Waals surface area contributed by atoms with Crippen molar-refractivity contribution in [2.45, 2.75) is 32.4 Å². The number of aromatic hydroxyl groups is 1. The Morgan fingerprint density at radius 1 is 1.43 bits per heavy atom. The smallest absolute Gasteiger partial charge is 0.162 e. The summed E-state index contributed by atoms with van der Waals surface area (Å²) in [6.07, 6.45) is 2.15. The molecule has 3 nitrogen and oxygen atoms in total. The first-order valence-corrected chi connectivity index (χ1v) is 8.23. The highest BCUT2D eigenvalue weighted by atomic mass is 35.5. The van der Waals surface area contributed by atoms with E-state index in [2.05, 4.69) is 29.8 Å². The van der Waals surface area contributed by atoms with Crippen LogP contribution in [0.1, 0.15) is 36.2 Å². The van der Waals surface area contributed by atoms with Crippen LogP contribution in [0.5, 0.6) is 11.5 Å². The molecule has 0 fully saturated rings. The van der Waals surface area contributed by atoms with Crippen molar-refractivity contribution >= 4 is 22.9 Å². The maximum atomic E-state index is 10.2. The van der Waals surface area contributed by atoms with E-state index in [0.717, 1.165) is 18.4 Å². The van der Waals surface area contributed by atoms with Crippen molar-refractivity contribution in [2.24, 2.45) is 0 Å². The number of ether oxygens (including phenoxy) is 1. The van der Waals surface area contributed by atoms with Crippen LogP contribution in [-0.2, 0) is 6.54 Å². The highest BCUT2D eigenvalue weighted by Crippen LogP contribution is 2.34. The number of phenolic OH excluding ortho intramolecular Hbond substituents is 1. The molecule has 1 unspecified atom stereocenters. The van der Waals surface area contributed by atoms with Gasteiger partial charge >= 0.3 is 0 Å². The van der Waals surface area contributed by atoms with Gasteiger partial charge in [0, 0.05) is 34.1 Å². The Morgan fingerprint density at radius 3 is 2.86 bits per heavy atom. The molecule has 0 aliphatic rings. The Labute approximate surface area is 134 Å². The number of benzene rings is 1. The van der Waals surface area contributed by atoms with E-state index in [1.54, 1.807) is 23.5 Å². The molecule has 2 rings (SSSR count). The van der Waals surface area contributed by atoms with Crippen molar-refractivity contribution in [1.82, 2.24) is 5.32 Å². The van der Waals surface area contributed by atoms with Crippen LogP contribution in [0.4, 0.5) is 0 Å². The molecule has 2 aromatic rings. The van der Waals surface area contributed by atoms with Crippen LogP contribution in [0.25, 0.3) is 0 Å². The topological polar surface area (TPSA) is 41.5 Å². The van der Waals surface area contributed by atoms with Crippen LogP contribution >= 0.6 is 22.9 Å². The lowest BCUT2D eigenvalue weighted by molar-refractivity contribution is 0.368. The zero-order valence-corrected chi connectivity index (χ0v) is 13.8. The molecule has 1 heterocycles. The van der Waals surface area contributed by atoms with Crippen LogP contribution in [0.15, 0.2) is 29.6 Å². The zero-order valence-electron chi connectivity index (χ0n) is 12.2. The number of hydrogen-bond donors (Lipinski definition) is 2. The Kier molecular flexibility index (Phi) is 5.91. The first kappa shape index (κ1) is 16.1. The Balaban J connectivity index is 2.12. The van der Waals surface area contributed by atoms with E-state index in [4.69, 9.17) is 16.3 Å². The Hall–Kier alpha value is -1.23. The standard InChI is InChI=1S/C16H20ClNO2S/c1-3-5-13(15-6-4-7-21-15)18-10-11-8-12(17)9-14(20-2)16(11)19/h4,6-9,13,18-19H,3,5,10H2,1-2H3. The number of halogens is 1. The van der Waals surface area contributed by atoms with Gasteiger partial charge in [-0.25, -0.2) is 0 Å². The molecule has 0 amide bonds. The summed E-state index contributed by atoms with van der Waals surface area (Å²) >= 11 is 7.81. The van der Waals surface area contributed by atoms with Gasteiger partial charge in [0.25, 0.3) is 0 Å². The van der Waals surface area contributed by atoms with Gasteiger partial charge in [-0.15, -0.1) is 11.3 Å². The van der Waals surface area contributed by atoms with Gasteiger partial charge < -0.3 is 15.2 Å². The van der Waals surface area contributed by atoms with E-state index in [0.29, 0.717) is 23.4 Å². The van der Waals surface area contributed by atoms with E-state index in [9.17, 15) is 5.11 Å². The van der Waals surface area contributed by atoms with Gasteiger partial charge in [-0.3, -0.25) is 0 Å². The summed E-state index contributed by atoms with van der Waals surface area (Å²) in [7, 11) is 1.52. The third-order valence-corrected chi connectivity index (χ3v) is 4.55. The molecule has 1 aromatic heterocycles. The third kappa shape index (κ3) is 4.13. The molecule has 0 spiro atoms. The Bertz CT molecular complexity index is 572. The molecule has 0 saturated carbocycles. The Morgan fingerprint density at radius 2 is 2.24 bits per heavy atom.